The number of hydrogen-bond acceptors (Lipinski definition) is 6. The van der Waals surface area contributed by atoms with Crippen LogP contribution in [0.3, 0.4) is 0 Å². The Hall–Kier alpha value is -3.14. The first-order chi connectivity index (χ1) is 13.4. The molecule has 3 aromatic rings. The van der Waals surface area contributed by atoms with Gasteiger partial charge in [-0.3, -0.25) is 10.2 Å². The Morgan fingerprint density at radius 3 is 2.89 bits per heavy atom. The lowest BCUT2D eigenvalue weighted by Gasteiger charge is -2.28. The van der Waals surface area contributed by atoms with Crippen LogP contribution in [-0.2, 0) is 4.79 Å². The number of rotatable bonds is 7. The summed E-state index contributed by atoms with van der Waals surface area (Å²) in [4.78, 5) is 26.2. The van der Waals surface area contributed by atoms with E-state index in [1.807, 2.05) is 6.92 Å². The van der Waals surface area contributed by atoms with Crippen LogP contribution in [0.1, 0.15) is 19.8 Å². The molecule has 0 aromatic carbocycles. The summed E-state index contributed by atoms with van der Waals surface area (Å²) in [5.74, 6) is -1.88. The highest BCUT2D eigenvalue weighted by Gasteiger charge is 2.33. The fraction of sp³-hybridized carbons (Fsp3) is 0.333. The Balaban J connectivity index is 1.67. The quantitative estimate of drug-likeness (QED) is 0.534. The zero-order chi connectivity index (χ0) is 19.8. The van der Waals surface area contributed by atoms with E-state index in [1.165, 1.54) is 11.1 Å². The molecule has 3 heterocycles. The molecule has 4 rings (SSSR count). The van der Waals surface area contributed by atoms with Gasteiger partial charge >= 0.3 is 5.97 Å². The predicted molar refractivity (Wildman–Crippen MR) is 97.2 cm³/mol. The van der Waals surface area contributed by atoms with Crippen LogP contribution in [0.4, 0.5) is 14.6 Å². The number of halogens is 2. The van der Waals surface area contributed by atoms with Gasteiger partial charge in [-0.25, -0.2) is 28.7 Å². The highest BCUT2D eigenvalue weighted by atomic mass is 19.1. The maximum Gasteiger partial charge on any atom is 0.319 e. The number of fused-ring (bicyclic) bond motifs is 1. The van der Waals surface area contributed by atoms with Crippen molar-refractivity contribution in [2.75, 3.05) is 12.0 Å². The van der Waals surface area contributed by atoms with Crippen LogP contribution in [0.2, 0.25) is 0 Å². The SMILES string of the molecule is CC(C1CC1)N(CC(=O)O)Nc1nc(-c2c[nH]c3ncc(F)cc23)ncc1F. The van der Waals surface area contributed by atoms with Crippen LogP contribution in [0, 0.1) is 17.6 Å². The van der Waals surface area contributed by atoms with E-state index in [0.29, 0.717) is 22.5 Å². The van der Waals surface area contributed by atoms with Crippen molar-refractivity contribution in [3.63, 3.8) is 0 Å². The van der Waals surface area contributed by atoms with Gasteiger partial charge in [-0.05, 0) is 31.7 Å². The summed E-state index contributed by atoms with van der Waals surface area (Å²) < 4.78 is 27.9. The summed E-state index contributed by atoms with van der Waals surface area (Å²) in [7, 11) is 0. The summed E-state index contributed by atoms with van der Waals surface area (Å²) in [6.07, 6.45) is 5.66. The van der Waals surface area contributed by atoms with E-state index >= 15 is 0 Å². The Labute approximate surface area is 158 Å². The number of aliphatic carboxylic acids is 1. The van der Waals surface area contributed by atoms with Gasteiger partial charge in [0.15, 0.2) is 17.5 Å². The van der Waals surface area contributed by atoms with Crippen molar-refractivity contribution in [2.45, 2.75) is 25.8 Å². The number of aromatic amines is 1. The lowest BCUT2D eigenvalue weighted by atomic mass is 10.2. The number of nitrogens with one attached hydrogen (secondary N) is 2. The molecule has 0 amide bonds. The van der Waals surface area contributed by atoms with Crippen molar-refractivity contribution in [1.29, 1.82) is 0 Å². The van der Waals surface area contributed by atoms with E-state index in [-0.39, 0.29) is 24.2 Å². The van der Waals surface area contributed by atoms with Crippen LogP contribution in [0.15, 0.2) is 24.7 Å². The second-order valence-corrected chi connectivity index (χ2v) is 6.85. The highest BCUT2D eigenvalue weighted by molar-refractivity contribution is 5.91. The first-order valence-corrected chi connectivity index (χ1v) is 8.83. The number of carboxylic acids is 1. The summed E-state index contributed by atoms with van der Waals surface area (Å²) in [6.45, 7) is 1.58. The van der Waals surface area contributed by atoms with Gasteiger partial charge in [-0.1, -0.05) is 0 Å². The molecular weight excluding hydrogens is 370 g/mol. The third-order valence-corrected chi connectivity index (χ3v) is 4.83. The number of hydrazine groups is 1. The second-order valence-electron chi connectivity index (χ2n) is 6.85. The topological polar surface area (TPSA) is 107 Å². The van der Waals surface area contributed by atoms with E-state index in [1.54, 1.807) is 6.20 Å². The minimum atomic E-state index is -1.03. The third-order valence-electron chi connectivity index (χ3n) is 4.83. The predicted octanol–water partition coefficient (Wildman–Crippen LogP) is 2.81. The standard InChI is InChI=1S/C18H18F2N6O2/c1-9(10-2-3-10)26(8-15(27)28)25-18-14(20)7-23-17(24-18)13-6-22-16-12(13)4-11(19)5-21-16/h4-7,9-10H,2-3,8H2,1H3,(H,21,22)(H,27,28)(H,23,24,25). The highest BCUT2D eigenvalue weighted by Crippen LogP contribution is 2.35. The van der Waals surface area contributed by atoms with Gasteiger partial charge < -0.3 is 10.1 Å². The van der Waals surface area contributed by atoms with Gasteiger partial charge in [-0.15, -0.1) is 0 Å². The van der Waals surface area contributed by atoms with Crippen LogP contribution >= 0.6 is 0 Å². The lowest BCUT2D eigenvalue weighted by Crippen LogP contribution is -2.43. The fourth-order valence-corrected chi connectivity index (χ4v) is 3.14. The Morgan fingerprint density at radius 1 is 1.39 bits per heavy atom. The maximum atomic E-state index is 14.3. The average Bonchev–Trinajstić information content (AvgIpc) is 3.42. The van der Waals surface area contributed by atoms with E-state index in [2.05, 4.69) is 25.4 Å². The monoisotopic (exact) mass is 388 g/mol. The lowest BCUT2D eigenvalue weighted by molar-refractivity contribution is -0.138. The molecule has 28 heavy (non-hydrogen) atoms. The van der Waals surface area contributed by atoms with Gasteiger partial charge in [0.25, 0.3) is 0 Å². The molecule has 0 aliphatic heterocycles. The number of H-pyrrole nitrogens is 1. The second kappa shape index (κ2) is 7.12. The van der Waals surface area contributed by atoms with Crippen LogP contribution in [0.5, 0.6) is 0 Å². The van der Waals surface area contributed by atoms with E-state index < -0.39 is 17.6 Å². The molecule has 1 fully saturated rings. The van der Waals surface area contributed by atoms with Gasteiger partial charge in [0.05, 0.1) is 12.4 Å². The number of hydrogen-bond donors (Lipinski definition) is 3. The molecule has 3 N–H and O–H groups in total. The molecule has 3 aromatic heterocycles. The normalized spacial score (nSPS) is 15.1. The zero-order valence-electron chi connectivity index (χ0n) is 15.0. The number of nitrogens with zero attached hydrogens (tertiary/aromatic N) is 4. The maximum absolute atomic E-state index is 14.3. The van der Waals surface area contributed by atoms with Gasteiger partial charge in [-0.2, -0.15) is 0 Å². The number of aromatic nitrogens is 4. The third kappa shape index (κ3) is 3.63. The largest absolute Gasteiger partial charge is 0.480 e. The Morgan fingerprint density at radius 2 is 2.18 bits per heavy atom. The number of carboxylic acid groups (broad SMARTS) is 1. The van der Waals surface area contributed by atoms with Crippen LogP contribution < -0.4 is 5.43 Å². The van der Waals surface area contributed by atoms with Crippen molar-refractivity contribution in [3.8, 4) is 11.4 Å². The van der Waals surface area contributed by atoms with Crippen LogP contribution in [-0.4, -0.2) is 48.6 Å². The van der Waals surface area contributed by atoms with Crippen LogP contribution in [0.25, 0.3) is 22.4 Å². The number of anilines is 1. The molecule has 1 saturated carbocycles. The minimum Gasteiger partial charge on any atom is -0.480 e. The molecule has 0 spiro atoms. The summed E-state index contributed by atoms with van der Waals surface area (Å²) in [5, 5.41) is 11.1. The van der Waals surface area contributed by atoms with Gasteiger partial charge in [0, 0.05) is 23.2 Å². The molecule has 1 atom stereocenters. The molecule has 1 unspecified atom stereocenters. The summed E-state index contributed by atoms with van der Waals surface area (Å²) >= 11 is 0. The van der Waals surface area contributed by atoms with Gasteiger partial charge in [0.2, 0.25) is 0 Å². The molecular formula is C18H18F2N6O2. The van der Waals surface area contributed by atoms with E-state index in [0.717, 1.165) is 25.2 Å². The molecule has 8 nitrogen and oxygen atoms in total. The summed E-state index contributed by atoms with van der Waals surface area (Å²) in [5.41, 5.74) is 3.70. The average molecular weight is 388 g/mol. The molecule has 1 aliphatic carbocycles. The van der Waals surface area contributed by atoms with E-state index in [4.69, 9.17) is 0 Å². The van der Waals surface area contributed by atoms with Crippen molar-refractivity contribution >= 4 is 22.8 Å². The zero-order valence-corrected chi connectivity index (χ0v) is 15.0. The molecule has 0 saturated heterocycles. The molecule has 0 bridgehead atoms. The first kappa shape index (κ1) is 18.2. The van der Waals surface area contributed by atoms with E-state index in [9.17, 15) is 18.7 Å². The molecule has 0 radical (unpaired) electrons. The molecule has 10 heteroatoms. The molecule has 1 aliphatic rings. The van der Waals surface area contributed by atoms with Crippen molar-refractivity contribution in [3.05, 3.63) is 36.3 Å². The van der Waals surface area contributed by atoms with Gasteiger partial charge in [0.1, 0.15) is 18.0 Å². The summed E-state index contributed by atoms with van der Waals surface area (Å²) in [6, 6.07) is 1.19. The Kier molecular flexibility index (Phi) is 4.63. The molecule has 146 valence electrons. The fourth-order valence-electron chi connectivity index (χ4n) is 3.14. The smallest absolute Gasteiger partial charge is 0.319 e. The van der Waals surface area contributed by atoms with Crippen molar-refractivity contribution in [1.82, 2.24) is 24.9 Å². The number of carbonyl (C=O) groups is 1. The van der Waals surface area contributed by atoms with Crippen molar-refractivity contribution < 1.29 is 18.7 Å². The first-order valence-electron chi connectivity index (χ1n) is 8.83. The van der Waals surface area contributed by atoms with Crippen molar-refractivity contribution in [2.24, 2.45) is 5.92 Å². The Bertz CT molecular complexity index is 1040. The number of pyridine rings is 1. The minimum absolute atomic E-state index is 0.0969.